The number of nitrogens with zero attached hydrogens (tertiary/aromatic N) is 2. The summed E-state index contributed by atoms with van der Waals surface area (Å²) < 4.78 is 13.9. The molecule has 0 spiro atoms. The quantitative estimate of drug-likeness (QED) is 0.328. The summed E-state index contributed by atoms with van der Waals surface area (Å²) in [6.07, 6.45) is 4.95. The lowest BCUT2D eigenvalue weighted by Gasteiger charge is -2.13. The maximum atomic E-state index is 13.9. The third kappa shape index (κ3) is 3.14. The van der Waals surface area contributed by atoms with E-state index in [1.807, 2.05) is 30.5 Å². The van der Waals surface area contributed by atoms with Crippen molar-refractivity contribution in [1.82, 2.24) is 25.5 Å². The van der Waals surface area contributed by atoms with E-state index in [1.54, 1.807) is 6.07 Å². The molecule has 0 radical (unpaired) electrons. The highest BCUT2D eigenvalue weighted by atomic mass is 19.1. The molecule has 2 aromatic carbocycles. The molecule has 0 amide bonds. The summed E-state index contributed by atoms with van der Waals surface area (Å²) in [4.78, 5) is 8.06. The normalized spacial score (nSPS) is 14.2. The number of nitrogens with one attached hydrogen (secondary N) is 3. The van der Waals surface area contributed by atoms with Crippen molar-refractivity contribution in [2.45, 2.75) is 6.42 Å². The molecule has 5 aromatic rings. The minimum Gasteiger partial charge on any atom is -0.508 e. The van der Waals surface area contributed by atoms with Crippen LogP contribution in [-0.2, 0) is 0 Å². The van der Waals surface area contributed by atoms with Crippen LogP contribution in [0.2, 0.25) is 0 Å². The minimum absolute atomic E-state index is 0.0988. The van der Waals surface area contributed by atoms with E-state index in [9.17, 15) is 9.50 Å². The van der Waals surface area contributed by atoms with Gasteiger partial charge >= 0.3 is 0 Å². The molecule has 0 atom stereocenters. The average molecular weight is 425 g/mol. The van der Waals surface area contributed by atoms with Crippen LogP contribution in [0.3, 0.4) is 0 Å². The van der Waals surface area contributed by atoms with E-state index in [4.69, 9.17) is 0 Å². The SMILES string of the molecule is Oc1cc(F)cc(-c2cccc3[nH]c(-c4n[nH]c5cnc(C6=CCNCC6)cc45)cc23)c1. The van der Waals surface area contributed by atoms with Gasteiger partial charge in [0.25, 0.3) is 0 Å². The molecule has 6 rings (SSSR count). The number of phenols is 1. The fourth-order valence-corrected chi connectivity index (χ4v) is 4.42. The predicted octanol–water partition coefficient (Wildman–Crippen LogP) is 4.99. The lowest BCUT2D eigenvalue weighted by molar-refractivity contribution is 0.469. The number of halogens is 1. The van der Waals surface area contributed by atoms with Crippen molar-refractivity contribution in [2.75, 3.05) is 13.1 Å². The third-order valence-electron chi connectivity index (χ3n) is 5.95. The Morgan fingerprint density at radius 2 is 1.94 bits per heavy atom. The smallest absolute Gasteiger partial charge is 0.127 e. The van der Waals surface area contributed by atoms with Gasteiger partial charge in [-0.25, -0.2) is 4.39 Å². The number of phenolic OH excluding ortho intramolecular Hbond substituents is 1. The fourth-order valence-electron chi connectivity index (χ4n) is 4.42. The summed E-state index contributed by atoms with van der Waals surface area (Å²) >= 11 is 0. The molecule has 0 saturated carbocycles. The molecule has 0 unspecified atom stereocenters. The third-order valence-corrected chi connectivity index (χ3v) is 5.95. The second-order valence-corrected chi connectivity index (χ2v) is 8.02. The van der Waals surface area contributed by atoms with Crippen molar-refractivity contribution >= 4 is 27.4 Å². The van der Waals surface area contributed by atoms with Crippen LogP contribution in [0.5, 0.6) is 5.75 Å². The van der Waals surface area contributed by atoms with Crippen molar-refractivity contribution in [3.8, 4) is 28.3 Å². The fraction of sp³-hybridized carbons (Fsp3) is 0.120. The van der Waals surface area contributed by atoms with Gasteiger partial charge in [-0.15, -0.1) is 0 Å². The summed E-state index contributed by atoms with van der Waals surface area (Å²) in [5.74, 6) is -0.573. The molecule has 3 aromatic heterocycles. The summed E-state index contributed by atoms with van der Waals surface area (Å²) in [5, 5.41) is 22.7. The molecule has 1 aliphatic rings. The highest BCUT2D eigenvalue weighted by Crippen LogP contribution is 2.35. The number of hydrogen-bond acceptors (Lipinski definition) is 4. The van der Waals surface area contributed by atoms with Crippen molar-refractivity contribution in [3.63, 3.8) is 0 Å². The number of H-pyrrole nitrogens is 2. The molecule has 6 nitrogen and oxygen atoms in total. The number of pyridine rings is 1. The topological polar surface area (TPSA) is 89.6 Å². The van der Waals surface area contributed by atoms with E-state index in [0.717, 1.165) is 70.0 Å². The van der Waals surface area contributed by atoms with Gasteiger partial charge in [-0.3, -0.25) is 10.1 Å². The Kier molecular flexibility index (Phi) is 4.29. The van der Waals surface area contributed by atoms with Gasteiger partial charge in [-0.1, -0.05) is 18.2 Å². The molecule has 4 N–H and O–H groups in total. The maximum Gasteiger partial charge on any atom is 0.127 e. The second-order valence-electron chi connectivity index (χ2n) is 8.02. The van der Waals surface area contributed by atoms with Crippen LogP contribution in [0.4, 0.5) is 4.39 Å². The van der Waals surface area contributed by atoms with Crippen LogP contribution in [-0.4, -0.2) is 38.4 Å². The molecule has 4 heterocycles. The van der Waals surface area contributed by atoms with Crippen LogP contribution < -0.4 is 5.32 Å². The monoisotopic (exact) mass is 425 g/mol. The first-order valence-corrected chi connectivity index (χ1v) is 10.5. The second kappa shape index (κ2) is 7.32. The van der Waals surface area contributed by atoms with Crippen molar-refractivity contribution in [1.29, 1.82) is 0 Å². The molecule has 0 fully saturated rings. The first-order chi connectivity index (χ1) is 15.7. The summed E-state index contributed by atoms with van der Waals surface area (Å²) in [6, 6.07) is 14.0. The number of aromatic hydroxyl groups is 1. The Bertz CT molecular complexity index is 1490. The molecule has 0 aliphatic carbocycles. The highest BCUT2D eigenvalue weighted by Gasteiger charge is 2.16. The lowest BCUT2D eigenvalue weighted by Crippen LogP contribution is -2.20. The molecule has 158 valence electrons. The van der Waals surface area contributed by atoms with Crippen molar-refractivity contribution in [2.24, 2.45) is 0 Å². The lowest BCUT2D eigenvalue weighted by atomic mass is 10.0. The first-order valence-electron chi connectivity index (χ1n) is 10.5. The molecular formula is C25H20FN5O. The molecule has 7 heteroatoms. The highest BCUT2D eigenvalue weighted by molar-refractivity contribution is 6.01. The Balaban J connectivity index is 1.49. The van der Waals surface area contributed by atoms with Crippen LogP contribution in [0.15, 0.2) is 60.8 Å². The van der Waals surface area contributed by atoms with Crippen LogP contribution >= 0.6 is 0 Å². The van der Waals surface area contributed by atoms with Gasteiger partial charge in [0.1, 0.15) is 17.3 Å². The van der Waals surface area contributed by atoms with Gasteiger partial charge in [0, 0.05) is 28.9 Å². The summed E-state index contributed by atoms with van der Waals surface area (Å²) in [6.45, 7) is 1.80. The summed E-state index contributed by atoms with van der Waals surface area (Å²) in [5.41, 5.74) is 7.10. The van der Waals surface area contributed by atoms with E-state index >= 15 is 0 Å². The molecule has 0 bridgehead atoms. The molecule has 1 aliphatic heterocycles. The number of aromatic nitrogens is 4. The maximum absolute atomic E-state index is 13.9. The number of hydrogen-bond donors (Lipinski definition) is 4. The summed E-state index contributed by atoms with van der Waals surface area (Å²) in [7, 11) is 0. The standard InChI is InChI=1S/C25H20FN5O/c26-16-8-15(9-17(32)10-16)18-2-1-3-21-19(18)11-23(29-21)25-20-12-22(14-4-6-27-7-5-14)28-13-24(20)30-31-25/h1-4,8-13,27,29,32H,5-7H2,(H,30,31). The number of rotatable bonds is 3. The van der Waals surface area contributed by atoms with Crippen molar-refractivity contribution < 1.29 is 9.50 Å². The van der Waals surface area contributed by atoms with Gasteiger partial charge in [-0.05, 0) is 60.0 Å². The molecule has 32 heavy (non-hydrogen) atoms. The molecule has 0 saturated heterocycles. The first kappa shape index (κ1) is 18.8. The zero-order chi connectivity index (χ0) is 21.7. The Morgan fingerprint density at radius 3 is 2.78 bits per heavy atom. The Labute approximate surface area is 182 Å². The Morgan fingerprint density at radius 1 is 1.00 bits per heavy atom. The largest absolute Gasteiger partial charge is 0.508 e. The Hall–Kier alpha value is -3.97. The van der Waals surface area contributed by atoms with Crippen LogP contribution in [0.1, 0.15) is 12.1 Å². The zero-order valence-electron chi connectivity index (χ0n) is 17.1. The van der Waals surface area contributed by atoms with E-state index < -0.39 is 5.82 Å². The van der Waals surface area contributed by atoms with E-state index in [0.29, 0.717) is 5.56 Å². The van der Waals surface area contributed by atoms with Crippen LogP contribution in [0.25, 0.3) is 49.9 Å². The predicted molar refractivity (Wildman–Crippen MR) is 124 cm³/mol. The van der Waals surface area contributed by atoms with Gasteiger partial charge < -0.3 is 15.4 Å². The van der Waals surface area contributed by atoms with E-state index in [-0.39, 0.29) is 5.75 Å². The van der Waals surface area contributed by atoms with Gasteiger partial charge in [-0.2, -0.15) is 5.10 Å². The van der Waals surface area contributed by atoms with E-state index in [2.05, 4.69) is 37.6 Å². The van der Waals surface area contributed by atoms with Gasteiger partial charge in [0.2, 0.25) is 0 Å². The average Bonchev–Trinajstić information content (AvgIpc) is 3.42. The number of benzene rings is 2. The minimum atomic E-state index is -0.474. The van der Waals surface area contributed by atoms with Crippen LogP contribution in [0, 0.1) is 5.82 Å². The number of fused-ring (bicyclic) bond motifs is 2. The van der Waals surface area contributed by atoms with Crippen molar-refractivity contribution in [3.05, 3.63) is 72.3 Å². The van der Waals surface area contributed by atoms with Gasteiger partial charge in [0.05, 0.1) is 23.1 Å². The molecular weight excluding hydrogens is 405 g/mol. The zero-order valence-corrected chi connectivity index (χ0v) is 17.1. The number of aromatic amines is 2. The van der Waals surface area contributed by atoms with Gasteiger partial charge in [0.15, 0.2) is 0 Å². The van der Waals surface area contributed by atoms with E-state index in [1.165, 1.54) is 11.6 Å².